The molecule has 1 amide bonds. The Morgan fingerprint density at radius 1 is 0.791 bits per heavy atom. The third-order valence-electron chi connectivity index (χ3n) is 5.59. The summed E-state index contributed by atoms with van der Waals surface area (Å²) in [6.07, 6.45) is 28.6. The Kier molecular flexibility index (Phi) is 22.4. The van der Waals surface area contributed by atoms with Crippen LogP contribution in [0.2, 0.25) is 0 Å². The number of esters is 2. The van der Waals surface area contributed by atoms with Crippen LogP contribution in [0.3, 0.4) is 0 Å². The van der Waals surface area contributed by atoms with E-state index in [9.17, 15) is 19.2 Å². The van der Waals surface area contributed by atoms with E-state index in [1.54, 1.807) is 0 Å². The first-order valence-electron chi connectivity index (χ1n) is 14.8. The lowest BCUT2D eigenvalue weighted by atomic mass is 10.2. The molecule has 2 unspecified atom stereocenters. The maximum absolute atomic E-state index is 11.8. The maximum Gasteiger partial charge on any atom is 0.415 e. The van der Waals surface area contributed by atoms with Crippen molar-refractivity contribution >= 4 is 24.0 Å². The van der Waals surface area contributed by atoms with Crippen molar-refractivity contribution in [3.63, 3.8) is 0 Å². The molecule has 0 radical (unpaired) electrons. The number of nitrogens with one attached hydrogen (secondary N) is 2. The van der Waals surface area contributed by atoms with Crippen molar-refractivity contribution in [3.05, 3.63) is 72.9 Å². The van der Waals surface area contributed by atoms with Crippen LogP contribution in [0.5, 0.6) is 0 Å². The van der Waals surface area contributed by atoms with Crippen molar-refractivity contribution in [2.75, 3.05) is 19.7 Å². The minimum absolute atomic E-state index is 0.0365. The van der Waals surface area contributed by atoms with Gasteiger partial charge in [-0.25, -0.2) is 14.4 Å². The predicted octanol–water partition coefficient (Wildman–Crippen LogP) is 4.81. The highest BCUT2D eigenvalue weighted by Gasteiger charge is 2.35. The van der Waals surface area contributed by atoms with Gasteiger partial charge in [-0.15, -0.1) is 0 Å². The molecule has 0 bridgehead atoms. The Hall–Kier alpha value is -3.80. The molecule has 1 aliphatic heterocycles. The number of carbonyl (C=O) groups excluding carboxylic acids is 4. The van der Waals surface area contributed by atoms with E-state index in [1.165, 1.54) is 0 Å². The summed E-state index contributed by atoms with van der Waals surface area (Å²) in [6, 6.07) is 0. The van der Waals surface area contributed by atoms with Gasteiger partial charge in [-0.05, 0) is 57.8 Å². The van der Waals surface area contributed by atoms with Crippen molar-refractivity contribution in [2.24, 2.45) is 0 Å². The van der Waals surface area contributed by atoms with Gasteiger partial charge in [0.1, 0.15) is 12.7 Å². The van der Waals surface area contributed by atoms with Gasteiger partial charge in [0.15, 0.2) is 6.29 Å². The highest BCUT2D eigenvalue weighted by molar-refractivity contribution is 5.96. The molecule has 3 N–H and O–H groups in total. The third-order valence-corrected chi connectivity index (χ3v) is 5.59. The molecule has 1 aliphatic rings. The van der Waals surface area contributed by atoms with E-state index >= 15 is 0 Å². The van der Waals surface area contributed by atoms with Crippen molar-refractivity contribution in [1.29, 1.82) is 0 Å². The first-order valence-corrected chi connectivity index (χ1v) is 14.8. The van der Waals surface area contributed by atoms with E-state index in [1.807, 2.05) is 6.08 Å². The molecule has 1 heterocycles. The number of allylic oxidation sites excluding steroid dienone is 10. The second kappa shape index (κ2) is 25.9. The smallest absolute Gasteiger partial charge is 0.415 e. The average Bonchev–Trinajstić information content (AvgIpc) is 3.70. The summed E-state index contributed by atoms with van der Waals surface area (Å²) in [5.74, 6) is -2.30. The zero-order valence-electron chi connectivity index (χ0n) is 25.0. The van der Waals surface area contributed by atoms with Crippen molar-refractivity contribution < 1.29 is 43.3 Å². The van der Waals surface area contributed by atoms with Crippen LogP contribution in [0, 0.1) is 0 Å². The van der Waals surface area contributed by atoms with Crippen LogP contribution in [0.4, 0.5) is 4.79 Å². The number of rotatable bonds is 23. The van der Waals surface area contributed by atoms with Gasteiger partial charge in [0, 0.05) is 25.1 Å². The normalized spacial score (nSPS) is 16.7. The number of amides is 1. The summed E-state index contributed by atoms with van der Waals surface area (Å²) in [5.41, 5.74) is 2.41. The number of hydroxylamine groups is 1. The molecule has 1 fully saturated rings. The van der Waals surface area contributed by atoms with E-state index in [4.69, 9.17) is 14.6 Å². The van der Waals surface area contributed by atoms with Crippen molar-refractivity contribution in [2.45, 2.75) is 83.5 Å². The Bertz CT molecular complexity index is 999. The molecule has 0 saturated carbocycles. The molecule has 1 rings (SSSR count). The molecule has 1 saturated heterocycles. The summed E-state index contributed by atoms with van der Waals surface area (Å²) in [4.78, 5) is 51.2. The van der Waals surface area contributed by atoms with E-state index in [0.29, 0.717) is 25.8 Å². The maximum atomic E-state index is 11.8. The second-order valence-corrected chi connectivity index (χ2v) is 9.31. The average molecular weight is 603 g/mol. The quantitative estimate of drug-likeness (QED) is 0.0217. The molecule has 11 nitrogen and oxygen atoms in total. The minimum atomic E-state index is -1.07. The molecule has 2 atom stereocenters. The van der Waals surface area contributed by atoms with E-state index < -0.39 is 24.3 Å². The molecule has 0 aromatic rings. The van der Waals surface area contributed by atoms with Gasteiger partial charge in [0.05, 0.1) is 6.54 Å². The first kappa shape index (κ1) is 37.2. The lowest BCUT2D eigenvalue weighted by molar-refractivity contribution is -0.145. The number of hydrogen-bond donors (Lipinski definition) is 3. The largest absolute Gasteiger partial charge is 0.464 e. The Morgan fingerprint density at radius 2 is 1.37 bits per heavy atom. The number of aliphatic hydroxyl groups is 1. The van der Waals surface area contributed by atoms with Gasteiger partial charge in [-0.3, -0.25) is 4.79 Å². The summed E-state index contributed by atoms with van der Waals surface area (Å²) < 4.78 is 14.3. The number of ether oxygens (including phenoxy) is 3. The topological polar surface area (TPSA) is 153 Å². The van der Waals surface area contributed by atoms with Crippen LogP contribution in [0.15, 0.2) is 72.9 Å². The highest BCUT2D eigenvalue weighted by atomic mass is 16.7. The zero-order chi connectivity index (χ0) is 31.4. The predicted molar refractivity (Wildman–Crippen MR) is 162 cm³/mol. The molecule has 0 aromatic heterocycles. The molecule has 238 valence electrons. The van der Waals surface area contributed by atoms with Crippen molar-refractivity contribution in [1.82, 2.24) is 10.8 Å². The molecule has 43 heavy (non-hydrogen) atoms. The fourth-order valence-corrected chi connectivity index (χ4v) is 3.30. The van der Waals surface area contributed by atoms with Crippen LogP contribution in [-0.4, -0.2) is 61.2 Å². The van der Waals surface area contributed by atoms with E-state index in [2.05, 4.69) is 82.0 Å². The summed E-state index contributed by atoms with van der Waals surface area (Å²) in [6.45, 7) is 2.37. The fourth-order valence-electron chi connectivity index (χ4n) is 3.30. The number of aliphatic hydroxyl groups excluding tert-OH is 1. The standard InChI is InChI=1S/C32H46N2O9/c1-2-3-4-5-6-7-8-9-10-11-12-13-14-15-16-17-18-21-28(35)40-26-25-33-32(39)42-29(36)22-23-30(37)43-34-24-19-20-27-31(38)41-27/h3-4,6-7,9-10,12-13,15-16,22-23,27,31,34,38H,2,5,8,11,14,17-21,24-26H2,1H3,(H,33,39)/b4-3-,7-6-,10-9-,13-12-,16-15-,23-22+. The summed E-state index contributed by atoms with van der Waals surface area (Å²) in [5, 5.41) is 11.3. The van der Waals surface area contributed by atoms with Gasteiger partial charge in [0.25, 0.3) is 0 Å². The molecule has 0 aromatic carbocycles. The Morgan fingerprint density at radius 3 is 1.98 bits per heavy atom. The summed E-state index contributed by atoms with van der Waals surface area (Å²) in [7, 11) is 0. The molecule has 0 aliphatic carbocycles. The first-order chi connectivity index (χ1) is 20.9. The number of unbranched alkanes of at least 4 members (excludes halogenated alkanes) is 1. The third kappa shape index (κ3) is 24.5. The number of carbonyl (C=O) groups is 4. The van der Waals surface area contributed by atoms with Crippen LogP contribution in [-0.2, 0) is 33.4 Å². The van der Waals surface area contributed by atoms with E-state index in [0.717, 1.165) is 50.7 Å². The van der Waals surface area contributed by atoms with E-state index in [-0.39, 0.29) is 31.6 Å². The monoisotopic (exact) mass is 602 g/mol. The van der Waals surface area contributed by atoms with Gasteiger partial charge >= 0.3 is 24.0 Å². The van der Waals surface area contributed by atoms with Gasteiger partial charge in [-0.2, -0.15) is 5.48 Å². The lowest BCUT2D eigenvalue weighted by Gasteiger charge is -2.06. The fraction of sp³-hybridized carbons (Fsp3) is 0.500. The number of epoxide rings is 1. The lowest BCUT2D eigenvalue weighted by Crippen LogP contribution is -2.30. The van der Waals surface area contributed by atoms with Gasteiger partial charge < -0.3 is 29.5 Å². The number of alkyl carbamates (subject to hydrolysis) is 1. The molecule has 11 heteroatoms. The minimum Gasteiger partial charge on any atom is -0.464 e. The van der Waals surface area contributed by atoms with Crippen LogP contribution >= 0.6 is 0 Å². The summed E-state index contributed by atoms with van der Waals surface area (Å²) >= 11 is 0. The second-order valence-electron chi connectivity index (χ2n) is 9.31. The van der Waals surface area contributed by atoms with Gasteiger partial charge in [0.2, 0.25) is 0 Å². The number of hydrogen-bond acceptors (Lipinski definition) is 10. The van der Waals surface area contributed by atoms with Crippen LogP contribution in [0.1, 0.15) is 71.1 Å². The Labute approximate surface area is 254 Å². The Balaban J connectivity index is 1.95. The SMILES string of the molecule is CC/C=C\C/C=C\C/C=C\C/C=C\C/C=C\CCCC(=O)OCCNC(=O)OC(=O)/C=C/C(=O)ONCCCC1OC1O. The highest BCUT2D eigenvalue weighted by Crippen LogP contribution is 2.23. The molecular weight excluding hydrogens is 556 g/mol. The van der Waals surface area contributed by atoms with Gasteiger partial charge in [-0.1, -0.05) is 67.7 Å². The van der Waals surface area contributed by atoms with Crippen LogP contribution < -0.4 is 10.8 Å². The van der Waals surface area contributed by atoms with Crippen molar-refractivity contribution in [3.8, 4) is 0 Å². The van der Waals surface area contributed by atoms with Crippen LogP contribution in [0.25, 0.3) is 0 Å². The zero-order valence-corrected chi connectivity index (χ0v) is 25.0. The molecular formula is C32H46N2O9. The molecule has 0 spiro atoms.